The number of carbonyl (C=O) groups excluding carboxylic acids is 1. The topological polar surface area (TPSA) is 58.9 Å². The van der Waals surface area contributed by atoms with Crippen LogP contribution in [0.15, 0.2) is 47.6 Å². The smallest absolute Gasteiger partial charge is 0.254 e. The average Bonchev–Trinajstić information content (AvgIpc) is 3.10. The summed E-state index contributed by atoms with van der Waals surface area (Å²) < 4.78 is 7.65. The summed E-state index contributed by atoms with van der Waals surface area (Å²) in [5.41, 5.74) is 9.16. The number of nitrogens with one attached hydrogen (secondary N) is 1. The van der Waals surface area contributed by atoms with Crippen molar-refractivity contribution in [3.63, 3.8) is 0 Å². The van der Waals surface area contributed by atoms with E-state index in [0.29, 0.717) is 12.6 Å². The number of carbonyl (C=O) groups is 1. The molecular weight excluding hydrogens is 388 g/mol. The van der Waals surface area contributed by atoms with Gasteiger partial charge in [0.05, 0.1) is 25.9 Å². The molecule has 3 aromatic rings. The van der Waals surface area contributed by atoms with Crippen LogP contribution in [0.25, 0.3) is 10.9 Å². The Hall–Kier alpha value is -3.12. The Morgan fingerprint density at radius 2 is 2.06 bits per heavy atom. The van der Waals surface area contributed by atoms with Crippen molar-refractivity contribution in [3.05, 3.63) is 64.8 Å². The summed E-state index contributed by atoms with van der Waals surface area (Å²) in [5.74, 6) is 0.725. The van der Waals surface area contributed by atoms with E-state index in [4.69, 9.17) is 4.74 Å². The Kier molecular flexibility index (Phi) is 5.24. The second-order valence-electron chi connectivity index (χ2n) is 8.48. The number of amides is 1. The van der Waals surface area contributed by atoms with Gasteiger partial charge >= 0.3 is 0 Å². The fraction of sp³-hybridized carbons (Fsp3) is 0.360. The van der Waals surface area contributed by atoms with Crippen molar-refractivity contribution in [1.82, 2.24) is 14.9 Å². The molecule has 1 aromatic heterocycles. The number of fused-ring (bicyclic) bond motifs is 3. The van der Waals surface area contributed by atoms with Crippen LogP contribution in [0.2, 0.25) is 0 Å². The molecule has 1 aliphatic carbocycles. The second kappa shape index (κ2) is 8.19. The number of hydrogen-bond donors (Lipinski definition) is 1. The minimum absolute atomic E-state index is 0.0720. The van der Waals surface area contributed by atoms with Gasteiger partial charge < -0.3 is 9.30 Å². The van der Waals surface area contributed by atoms with Gasteiger partial charge in [-0.1, -0.05) is 11.6 Å². The molecule has 1 N–H and O–H groups in total. The van der Waals surface area contributed by atoms with Crippen molar-refractivity contribution in [2.75, 3.05) is 20.2 Å². The first-order valence-corrected chi connectivity index (χ1v) is 11.0. The molecule has 2 heterocycles. The first kappa shape index (κ1) is 19.8. The SMILES string of the molecule is COc1ccc(C=NNC(=O)CN2CCn3c4c(c5cc(C)ccc53)CCC[C@H]42)cc1. The maximum absolute atomic E-state index is 12.6. The fourth-order valence-electron chi connectivity index (χ4n) is 5.07. The highest BCUT2D eigenvalue weighted by Gasteiger charge is 2.35. The highest BCUT2D eigenvalue weighted by atomic mass is 16.5. The molecule has 0 saturated carbocycles. The normalized spacial score (nSPS) is 18.3. The van der Waals surface area contributed by atoms with E-state index in [1.54, 1.807) is 13.3 Å². The molecule has 1 amide bonds. The number of nitrogens with zero attached hydrogens (tertiary/aromatic N) is 3. The highest BCUT2D eigenvalue weighted by molar-refractivity contribution is 5.87. The molecule has 0 unspecified atom stereocenters. The molecule has 6 heteroatoms. The van der Waals surface area contributed by atoms with Gasteiger partial charge in [-0.15, -0.1) is 0 Å². The standard InChI is InChI=1S/C25H28N4O2/c1-17-6-11-22-21(14-17)20-4-3-5-23-25(20)29(22)13-12-28(23)16-24(30)27-26-15-18-7-9-19(31-2)10-8-18/h6-11,14-15,23H,3-5,12-13,16H2,1-2H3,(H,27,30)/t23-/m1/s1. The summed E-state index contributed by atoms with van der Waals surface area (Å²) in [6, 6.07) is 14.6. The van der Waals surface area contributed by atoms with Crippen LogP contribution in [0, 0.1) is 6.92 Å². The van der Waals surface area contributed by atoms with Crippen LogP contribution in [0.4, 0.5) is 0 Å². The van der Waals surface area contributed by atoms with E-state index >= 15 is 0 Å². The Bertz CT molecular complexity index is 1150. The summed E-state index contributed by atoms with van der Waals surface area (Å²) in [7, 11) is 1.64. The van der Waals surface area contributed by atoms with Gasteiger partial charge in [0.2, 0.25) is 0 Å². The summed E-state index contributed by atoms with van der Waals surface area (Å²) >= 11 is 0. The lowest BCUT2D eigenvalue weighted by Crippen LogP contribution is -2.44. The summed E-state index contributed by atoms with van der Waals surface area (Å²) in [4.78, 5) is 14.9. The number of hydrogen-bond acceptors (Lipinski definition) is 4. The third-order valence-corrected chi connectivity index (χ3v) is 6.50. The molecule has 1 atom stereocenters. The zero-order valence-electron chi connectivity index (χ0n) is 18.1. The average molecular weight is 417 g/mol. The Balaban J connectivity index is 1.29. The van der Waals surface area contributed by atoms with Crippen molar-refractivity contribution >= 4 is 23.0 Å². The van der Waals surface area contributed by atoms with Gasteiger partial charge in [-0.05, 0) is 73.7 Å². The van der Waals surface area contributed by atoms with Crippen LogP contribution in [0.3, 0.4) is 0 Å². The van der Waals surface area contributed by atoms with Crippen LogP contribution in [-0.2, 0) is 17.8 Å². The van der Waals surface area contributed by atoms with Gasteiger partial charge in [-0.25, -0.2) is 5.43 Å². The van der Waals surface area contributed by atoms with E-state index < -0.39 is 0 Å². The minimum atomic E-state index is -0.0720. The Morgan fingerprint density at radius 3 is 2.87 bits per heavy atom. The molecule has 1 aliphatic heterocycles. The van der Waals surface area contributed by atoms with Gasteiger partial charge in [0.25, 0.3) is 5.91 Å². The molecule has 0 fully saturated rings. The van der Waals surface area contributed by atoms with Crippen molar-refractivity contribution in [2.45, 2.75) is 38.8 Å². The van der Waals surface area contributed by atoms with E-state index in [9.17, 15) is 4.79 Å². The molecule has 0 spiro atoms. The van der Waals surface area contributed by atoms with Crippen LogP contribution < -0.4 is 10.2 Å². The van der Waals surface area contributed by atoms with Crippen LogP contribution in [0.5, 0.6) is 5.75 Å². The molecule has 0 saturated heterocycles. The largest absolute Gasteiger partial charge is 0.497 e. The lowest BCUT2D eigenvalue weighted by molar-refractivity contribution is -0.123. The fourth-order valence-corrected chi connectivity index (χ4v) is 5.07. The zero-order chi connectivity index (χ0) is 21.4. The van der Waals surface area contributed by atoms with Gasteiger partial charge in [-0.2, -0.15) is 5.10 Å². The van der Waals surface area contributed by atoms with E-state index in [-0.39, 0.29) is 5.91 Å². The van der Waals surface area contributed by atoms with E-state index in [1.807, 2.05) is 24.3 Å². The molecule has 6 nitrogen and oxygen atoms in total. The Morgan fingerprint density at radius 1 is 1.23 bits per heavy atom. The summed E-state index contributed by atoms with van der Waals surface area (Å²) in [6.07, 6.45) is 5.06. The number of rotatable bonds is 5. The second-order valence-corrected chi connectivity index (χ2v) is 8.48. The van der Waals surface area contributed by atoms with Crippen molar-refractivity contribution in [2.24, 2.45) is 5.10 Å². The molecule has 5 rings (SSSR count). The first-order chi connectivity index (χ1) is 15.1. The molecule has 2 aliphatic rings. The summed E-state index contributed by atoms with van der Waals surface area (Å²) in [5, 5.41) is 5.53. The number of aryl methyl sites for hydroxylation is 2. The predicted octanol–water partition coefficient (Wildman–Crippen LogP) is 3.80. The third-order valence-electron chi connectivity index (χ3n) is 6.50. The number of ether oxygens (including phenoxy) is 1. The quantitative estimate of drug-likeness (QED) is 0.508. The number of benzene rings is 2. The molecule has 0 radical (unpaired) electrons. The third kappa shape index (κ3) is 3.72. The molecular formula is C25H28N4O2. The van der Waals surface area contributed by atoms with Gasteiger partial charge in [-0.3, -0.25) is 9.69 Å². The van der Waals surface area contributed by atoms with Gasteiger partial charge in [0, 0.05) is 29.7 Å². The van der Waals surface area contributed by atoms with Crippen LogP contribution >= 0.6 is 0 Å². The predicted molar refractivity (Wildman–Crippen MR) is 123 cm³/mol. The minimum Gasteiger partial charge on any atom is -0.497 e. The molecule has 160 valence electrons. The lowest BCUT2D eigenvalue weighted by Gasteiger charge is -2.39. The van der Waals surface area contributed by atoms with E-state index in [1.165, 1.54) is 34.1 Å². The van der Waals surface area contributed by atoms with E-state index in [2.05, 4.69) is 45.1 Å². The number of methoxy groups -OCH3 is 1. The summed E-state index contributed by atoms with van der Waals surface area (Å²) in [6.45, 7) is 4.33. The van der Waals surface area contributed by atoms with Crippen molar-refractivity contribution in [1.29, 1.82) is 0 Å². The zero-order valence-corrected chi connectivity index (χ0v) is 18.1. The van der Waals surface area contributed by atoms with E-state index in [0.717, 1.165) is 37.2 Å². The van der Waals surface area contributed by atoms with Crippen molar-refractivity contribution in [3.8, 4) is 5.75 Å². The lowest BCUT2D eigenvalue weighted by atomic mass is 9.89. The molecule has 2 aromatic carbocycles. The maximum Gasteiger partial charge on any atom is 0.254 e. The number of hydrazone groups is 1. The van der Waals surface area contributed by atoms with Crippen molar-refractivity contribution < 1.29 is 9.53 Å². The van der Waals surface area contributed by atoms with Crippen LogP contribution in [-0.4, -0.2) is 41.8 Å². The van der Waals surface area contributed by atoms with Crippen LogP contribution in [0.1, 0.15) is 41.3 Å². The first-order valence-electron chi connectivity index (χ1n) is 11.0. The number of aromatic nitrogens is 1. The van der Waals surface area contributed by atoms with Gasteiger partial charge in [0.1, 0.15) is 5.75 Å². The highest BCUT2D eigenvalue weighted by Crippen LogP contribution is 2.42. The monoisotopic (exact) mass is 416 g/mol. The Labute approximate surface area is 182 Å². The molecule has 0 bridgehead atoms. The molecule has 31 heavy (non-hydrogen) atoms. The van der Waals surface area contributed by atoms with Gasteiger partial charge in [0.15, 0.2) is 0 Å². The maximum atomic E-state index is 12.6.